The summed E-state index contributed by atoms with van der Waals surface area (Å²) in [6.45, 7) is 2.90. The fourth-order valence-corrected chi connectivity index (χ4v) is 5.44. The lowest BCUT2D eigenvalue weighted by Crippen LogP contribution is -2.60. The Morgan fingerprint density at radius 2 is 1.38 bits per heavy atom. The molecule has 2 bridgehead atoms. The van der Waals surface area contributed by atoms with Gasteiger partial charge in [-0.2, -0.15) is 5.26 Å². The summed E-state index contributed by atoms with van der Waals surface area (Å²) in [6.07, 6.45) is 2.62. The van der Waals surface area contributed by atoms with Crippen LogP contribution in [0.3, 0.4) is 0 Å². The lowest BCUT2D eigenvalue weighted by atomic mass is 9.72. The third-order valence-corrected chi connectivity index (χ3v) is 7.16. The molecule has 3 heterocycles. The highest BCUT2D eigenvalue weighted by molar-refractivity contribution is 6.27. The third kappa shape index (κ3) is 6.42. The van der Waals surface area contributed by atoms with Crippen molar-refractivity contribution in [2.24, 2.45) is 5.92 Å². The first-order chi connectivity index (χ1) is 18.0. The lowest BCUT2D eigenvalue weighted by molar-refractivity contribution is -0.159. The molecule has 0 spiro atoms. The second-order valence-electron chi connectivity index (χ2n) is 9.36. The second-order valence-corrected chi connectivity index (χ2v) is 9.36. The molecule has 2 N–H and O–H groups in total. The molecule has 0 radical (unpaired) electrons. The van der Waals surface area contributed by atoms with Crippen LogP contribution in [0, 0.1) is 17.2 Å². The Hall–Kier alpha value is -3.99. The molecule has 0 amide bonds. The van der Waals surface area contributed by atoms with E-state index in [0.717, 1.165) is 18.7 Å². The maximum absolute atomic E-state index is 9.10. The van der Waals surface area contributed by atoms with Crippen molar-refractivity contribution in [3.63, 3.8) is 0 Å². The number of hydrogen-bond donors (Lipinski definition) is 2. The predicted molar refractivity (Wildman–Crippen MR) is 138 cm³/mol. The van der Waals surface area contributed by atoms with Crippen molar-refractivity contribution in [1.29, 1.82) is 5.26 Å². The zero-order valence-corrected chi connectivity index (χ0v) is 20.4. The summed E-state index contributed by atoms with van der Waals surface area (Å²) < 4.78 is 6.69. The Morgan fingerprint density at radius 3 is 1.84 bits per heavy atom. The molecule has 190 valence electrons. The molecule has 3 fully saturated rings. The molecule has 3 aromatic rings. The number of nitrogens with zero attached hydrogens (tertiary/aromatic N) is 2. The molecule has 0 aromatic heterocycles. The van der Waals surface area contributed by atoms with Gasteiger partial charge in [-0.1, -0.05) is 72.8 Å². The highest BCUT2D eigenvalue weighted by Gasteiger charge is 2.47. The van der Waals surface area contributed by atoms with Gasteiger partial charge in [-0.15, -0.1) is 0 Å². The zero-order chi connectivity index (χ0) is 26.2. The highest BCUT2D eigenvalue weighted by atomic mass is 16.5. The lowest BCUT2D eigenvalue weighted by Gasteiger charge is -2.53. The van der Waals surface area contributed by atoms with Gasteiger partial charge in [0.1, 0.15) is 0 Å². The Labute approximate surface area is 216 Å². The number of fused-ring (bicyclic) bond motifs is 3. The summed E-state index contributed by atoms with van der Waals surface area (Å²) in [5.74, 6) is -2.76. The summed E-state index contributed by atoms with van der Waals surface area (Å²) in [7, 11) is 0. The van der Waals surface area contributed by atoms with E-state index in [2.05, 4.69) is 71.6 Å². The number of piperidine rings is 3. The number of carboxylic acid groups (broad SMARTS) is 2. The Kier molecular flexibility index (Phi) is 8.68. The molecule has 7 heteroatoms. The monoisotopic (exact) mass is 498 g/mol. The van der Waals surface area contributed by atoms with Gasteiger partial charge in [-0.3, -0.25) is 4.90 Å². The molecule has 7 nitrogen and oxygen atoms in total. The van der Waals surface area contributed by atoms with E-state index in [-0.39, 0.29) is 12.0 Å². The molecule has 3 aromatic carbocycles. The molecule has 3 aliphatic rings. The zero-order valence-electron chi connectivity index (χ0n) is 20.4. The standard InChI is InChI=1S/C28H28N2O.C2H2O4/c29-19-21-11-13-22(14-12-21)20-31-28-25-15-17-30(18-16-25)27(28)26(23-7-3-1-4-8-23)24-9-5-2-6-10-24;3-1(4)2(5)6/h1-14,25-28H,15-18,20H2;(H,3,4)(H,5,6). The van der Waals surface area contributed by atoms with Gasteiger partial charge in [0.2, 0.25) is 0 Å². The van der Waals surface area contributed by atoms with E-state index in [1.807, 2.05) is 24.3 Å². The van der Waals surface area contributed by atoms with E-state index >= 15 is 0 Å². The van der Waals surface area contributed by atoms with Crippen molar-refractivity contribution < 1.29 is 24.5 Å². The molecule has 6 rings (SSSR count). The van der Waals surface area contributed by atoms with Crippen LogP contribution in [-0.4, -0.2) is 52.3 Å². The first kappa shape index (κ1) is 26.1. The largest absolute Gasteiger partial charge is 0.473 e. The van der Waals surface area contributed by atoms with Crippen LogP contribution in [0.4, 0.5) is 0 Å². The molecule has 3 aliphatic heterocycles. The van der Waals surface area contributed by atoms with E-state index in [1.54, 1.807) is 0 Å². The molecular weight excluding hydrogens is 468 g/mol. The van der Waals surface area contributed by atoms with Crippen LogP contribution < -0.4 is 0 Å². The van der Waals surface area contributed by atoms with Crippen LogP contribution in [0.15, 0.2) is 84.9 Å². The number of nitriles is 1. The van der Waals surface area contributed by atoms with E-state index in [9.17, 15) is 0 Å². The topological polar surface area (TPSA) is 111 Å². The average molecular weight is 499 g/mol. The van der Waals surface area contributed by atoms with Crippen molar-refractivity contribution in [2.45, 2.75) is 37.5 Å². The van der Waals surface area contributed by atoms with Crippen molar-refractivity contribution in [1.82, 2.24) is 4.90 Å². The fraction of sp³-hybridized carbons (Fsp3) is 0.300. The minimum Gasteiger partial charge on any atom is -0.473 e. The molecule has 3 saturated heterocycles. The second kappa shape index (κ2) is 12.3. The van der Waals surface area contributed by atoms with Crippen LogP contribution in [0.2, 0.25) is 0 Å². The Balaban J connectivity index is 0.000000480. The number of benzene rings is 3. The molecule has 2 unspecified atom stereocenters. The first-order valence-electron chi connectivity index (χ1n) is 12.4. The molecular formula is C30H30N2O5. The van der Waals surface area contributed by atoms with Gasteiger partial charge in [0.15, 0.2) is 0 Å². The van der Waals surface area contributed by atoms with Crippen LogP contribution in [-0.2, 0) is 20.9 Å². The average Bonchev–Trinajstić information content (AvgIpc) is 2.95. The first-order valence-corrected chi connectivity index (χ1v) is 12.4. The summed E-state index contributed by atoms with van der Waals surface area (Å²) in [4.78, 5) is 20.9. The van der Waals surface area contributed by atoms with Gasteiger partial charge >= 0.3 is 11.9 Å². The van der Waals surface area contributed by atoms with Crippen molar-refractivity contribution >= 4 is 11.9 Å². The van der Waals surface area contributed by atoms with Gasteiger partial charge in [0.25, 0.3) is 0 Å². The molecule has 0 saturated carbocycles. The molecule has 37 heavy (non-hydrogen) atoms. The third-order valence-electron chi connectivity index (χ3n) is 7.16. The van der Waals surface area contributed by atoms with Gasteiger partial charge in [-0.25, -0.2) is 9.59 Å². The Bertz CT molecular complexity index is 1160. The summed E-state index contributed by atoms with van der Waals surface area (Å²) in [5, 5.41) is 23.8. The SMILES string of the molecule is N#Cc1ccc(COC2C3CCN(CC3)C2C(c2ccccc2)c2ccccc2)cc1.O=C(O)C(=O)O. The number of carboxylic acids is 2. The maximum atomic E-state index is 9.10. The van der Waals surface area contributed by atoms with E-state index in [0.29, 0.717) is 24.1 Å². The van der Waals surface area contributed by atoms with Crippen molar-refractivity contribution in [2.75, 3.05) is 13.1 Å². The van der Waals surface area contributed by atoms with E-state index < -0.39 is 11.9 Å². The van der Waals surface area contributed by atoms with E-state index in [1.165, 1.54) is 24.0 Å². The number of aliphatic carboxylic acids is 2. The highest BCUT2D eigenvalue weighted by Crippen LogP contribution is 2.43. The minimum absolute atomic E-state index is 0.198. The summed E-state index contributed by atoms with van der Waals surface area (Å²) in [6, 6.07) is 32.1. The normalized spacial score (nSPS) is 21.9. The number of ether oxygens (including phenoxy) is 1. The van der Waals surface area contributed by atoms with Gasteiger partial charge < -0.3 is 14.9 Å². The Morgan fingerprint density at radius 1 is 0.865 bits per heavy atom. The van der Waals surface area contributed by atoms with Crippen molar-refractivity contribution in [3.05, 3.63) is 107 Å². The maximum Gasteiger partial charge on any atom is 0.414 e. The smallest absolute Gasteiger partial charge is 0.414 e. The van der Waals surface area contributed by atoms with Crippen LogP contribution in [0.1, 0.15) is 41.0 Å². The van der Waals surface area contributed by atoms with E-state index in [4.69, 9.17) is 29.8 Å². The number of hydrogen-bond acceptors (Lipinski definition) is 5. The van der Waals surface area contributed by atoms with Gasteiger partial charge in [0.05, 0.1) is 24.3 Å². The van der Waals surface area contributed by atoms with Crippen LogP contribution in [0.25, 0.3) is 0 Å². The summed E-state index contributed by atoms with van der Waals surface area (Å²) >= 11 is 0. The van der Waals surface area contributed by atoms with Crippen molar-refractivity contribution in [3.8, 4) is 6.07 Å². The van der Waals surface area contributed by atoms with Crippen LogP contribution >= 0.6 is 0 Å². The minimum atomic E-state index is -1.82. The van der Waals surface area contributed by atoms with Gasteiger partial charge in [0, 0.05) is 12.0 Å². The van der Waals surface area contributed by atoms with Gasteiger partial charge in [-0.05, 0) is 60.7 Å². The molecule has 0 aliphatic carbocycles. The molecule has 2 atom stereocenters. The van der Waals surface area contributed by atoms with Crippen LogP contribution in [0.5, 0.6) is 0 Å². The number of rotatable bonds is 6. The predicted octanol–water partition coefficient (Wildman–Crippen LogP) is 4.53. The fourth-order valence-electron chi connectivity index (χ4n) is 5.44. The quantitative estimate of drug-likeness (QED) is 0.481. The number of carbonyl (C=O) groups is 2. The summed E-state index contributed by atoms with van der Waals surface area (Å²) in [5.41, 5.74) is 4.54.